The molecule has 0 aliphatic rings. The predicted octanol–water partition coefficient (Wildman–Crippen LogP) is 3.35. The van der Waals surface area contributed by atoms with Crippen LogP contribution in [0.2, 0.25) is 0 Å². The number of aliphatic hydroxyl groups is 1. The number of methoxy groups -OCH3 is 2. The topological polar surface area (TPSA) is 38.7 Å². The molecule has 0 radical (unpaired) electrons. The number of rotatable bonds is 5. The van der Waals surface area contributed by atoms with Gasteiger partial charge in [-0.25, -0.2) is 0 Å². The Morgan fingerprint density at radius 3 is 2.30 bits per heavy atom. The molecule has 0 heterocycles. The van der Waals surface area contributed by atoms with Gasteiger partial charge in [-0.05, 0) is 35.2 Å². The maximum absolute atomic E-state index is 10.5. The molecule has 2 aromatic carbocycles. The third kappa shape index (κ3) is 2.94. The molecule has 1 N–H and O–H groups in total. The van der Waals surface area contributed by atoms with E-state index in [-0.39, 0.29) is 0 Å². The van der Waals surface area contributed by atoms with E-state index in [0.717, 1.165) is 17.5 Å². The molecule has 2 rings (SSSR count). The lowest BCUT2D eigenvalue weighted by Crippen LogP contribution is -2.01. The van der Waals surface area contributed by atoms with E-state index in [1.807, 2.05) is 30.3 Å². The van der Waals surface area contributed by atoms with Gasteiger partial charge in [0.05, 0.1) is 14.2 Å². The molecule has 0 saturated carbocycles. The number of ether oxygens (including phenoxy) is 2. The van der Waals surface area contributed by atoms with E-state index >= 15 is 0 Å². The Morgan fingerprint density at radius 1 is 0.950 bits per heavy atom. The lowest BCUT2D eigenvalue weighted by Gasteiger charge is -2.15. The second kappa shape index (κ2) is 6.44. The molecule has 0 saturated heterocycles. The lowest BCUT2D eigenvalue weighted by atomic mass is 9.99. The van der Waals surface area contributed by atoms with Crippen LogP contribution in [0.25, 0.3) is 0 Å². The molecule has 0 bridgehead atoms. The maximum Gasteiger partial charge on any atom is 0.161 e. The Kier molecular flexibility index (Phi) is 4.64. The minimum absolute atomic E-state index is 0.621. The Morgan fingerprint density at radius 2 is 1.65 bits per heavy atom. The summed E-state index contributed by atoms with van der Waals surface area (Å²) in [5.41, 5.74) is 2.88. The van der Waals surface area contributed by atoms with Crippen LogP contribution in [0.15, 0.2) is 42.5 Å². The number of hydrogen-bond acceptors (Lipinski definition) is 3. The molecule has 0 aliphatic heterocycles. The highest BCUT2D eigenvalue weighted by Crippen LogP contribution is 2.32. The van der Waals surface area contributed by atoms with Crippen molar-refractivity contribution in [2.24, 2.45) is 0 Å². The average molecular weight is 272 g/mol. The second-order valence-electron chi connectivity index (χ2n) is 4.62. The highest BCUT2D eigenvalue weighted by Gasteiger charge is 2.13. The molecule has 1 atom stereocenters. The van der Waals surface area contributed by atoms with Crippen molar-refractivity contribution in [3.63, 3.8) is 0 Å². The van der Waals surface area contributed by atoms with Crippen molar-refractivity contribution in [1.29, 1.82) is 0 Å². The Bertz CT molecular complexity index is 578. The third-order valence-electron chi connectivity index (χ3n) is 3.40. The SMILES string of the molecule is CCc1cccc(C(O)c2ccc(OC)c(OC)c2)c1. The summed E-state index contributed by atoms with van der Waals surface area (Å²) in [6, 6.07) is 13.5. The Balaban J connectivity index is 2.34. The van der Waals surface area contributed by atoms with Gasteiger partial charge >= 0.3 is 0 Å². The number of benzene rings is 2. The van der Waals surface area contributed by atoms with Crippen LogP contribution < -0.4 is 9.47 Å². The van der Waals surface area contributed by atoms with Crippen molar-refractivity contribution in [2.45, 2.75) is 19.4 Å². The van der Waals surface area contributed by atoms with E-state index in [1.165, 1.54) is 5.56 Å². The fourth-order valence-electron chi connectivity index (χ4n) is 2.20. The molecular weight excluding hydrogens is 252 g/mol. The molecular formula is C17H20O3. The van der Waals surface area contributed by atoms with Gasteiger partial charge < -0.3 is 14.6 Å². The smallest absolute Gasteiger partial charge is 0.161 e. The van der Waals surface area contributed by atoms with E-state index in [1.54, 1.807) is 20.3 Å². The van der Waals surface area contributed by atoms with E-state index in [4.69, 9.17) is 9.47 Å². The molecule has 0 amide bonds. The number of aliphatic hydroxyl groups excluding tert-OH is 1. The molecule has 0 spiro atoms. The number of hydrogen-bond donors (Lipinski definition) is 1. The zero-order valence-corrected chi connectivity index (χ0v) is 12.1. The van der Waals surface area contributed by atoms with Crippen molar-refractivity contribution < 1.29 is 14.6 Å². The summed E-state index contributed by atoms with van der Waals surface area (Å²) in [6.45, 7) is 2.10. The highest BCUT2D eigenvalue weighted by atomic mass is 16.5. The van der Waals surface area contributed by atoms with E-state index in [2.05, 4.69) is 13.0 Å². The van der Waals surface area contributed by atoms with Gasteiger partial charge in [0, 0.05) is 0 Å². The molecule has 20 heavy (non-hydrogen) atoms. The first-order valence-corrected chi connectivity index (χ1v) is 6.68. The van der Waals surface area contributed by atoms with Crippen LogP contribution in [-0.2, 0) is 6.42 Å². The first kappa shape index (κ1) is 14.4. The molecule has 3 heteroatoms. The zero-order chi connectivity index (χ0) is 14.5. The van der Waals surface area contributed by atoms with Crippen LogP contribution in [-0.4, -0.2) is 19.3 Å². The fourth-order valence-corrected chi connectivity index (χ4v) is 2.20. The lowest BCUT2D eigenvalue weighted by molar-refractivity contribution is 0.219. The Labute approximate surface area is 119 Å². The van der Waals surface area contributed by atoms with Crippen molar-refractivity contribution >= 4 is 0 Å². The second-order valence-corrected chi connectivity index (χ2v) is 4.62. The van der Waals surface area contributed by atoms with Crippen molar-refractivity contribution in [1.82, 2.24) is 0 Å². The highest BCUT2D eigenvalue weighted by molar-refractivity contribution is 5.45. The molecule has 106 valence electrons. The average Bonchev–Trinajstić information content (AvgIpc) is 2.53. The number of aryl methyl sites for hydroxylation is 1. The van der Waals surface area contributed by atoms with Crippen molar-refractivity contribution in [3.05, 3.63) is 59.2 Å². The van der Waals surface area contributed by atoms with Crippen LogP contribution >= 0.6 is 0 Å². The van der Waals surface area contributed by atoms with Crippen LogP contribution in [0.3, 0.4) is 0 Å². The quantitative estimate of drug-likeness (QED) is 0.907. The Hall–Kier alpha value is -2.00. The predicted molar refractivity (Wildman–Crippen MR) is 79.4 cm³/mol. The normalized spacial score (nSPS) is 12.0. The fraction of sp³-hybridized carbons (Fsp3) is 0.294. The van der Waals surface area contributed by atoms with Gasteiger partial charge in [0.15, 0.2) is 11.5 Å². The van der Waals surface area contributed by atoms with Gasteiger partial charge in [-0.15, -0.1) is 0 Å². The van der Waals surface area contributed by atoms with Gasteiger partial charge in [0.25, 0.3) is 0 Å². The summed E-state index contributed by atoms with van der Waals surface area (Å²) in [6.07, 6.45) is 0.285. The van der Waals surface area contributed by atoms with E-state index in [0.29, 0.717) is 11.5 Å². The zero-order valence-electron chi connectivity index (χ0n) is 12.1. The minimum Gasteiger partial charge on any atom is -0.493 e. The summed E-state index contributed by atoms with van der Waals surface area (Å²) in [5, 5.41) is 10.5. The van der Waals surface area contributed by atoms with Gasteiger partial charge in [0.2, 0.25) is 0 Å². The van der Waals surface area contributed by atoms with Gasteiger partial charge in [-0.3, -0.25) is 0 Å². The minimum atomic E-state index is -0.665. The molecule has 1 unspecified atom stereocenters. The summed E-state index contributed by atoms with van der Waals surface area (Å²) >= 11 is 0. The molecule has 0 aliphatic carbocycles. The molecule has 0 fully saturated rings. The third-order valence-corrected chi connectivity index (χ3v) is 3.40. The van der Waals surface area contributed by atoms with E-state index in [9.17, 15) is 5.11 Å². The van der Waals surface area contributed by atoms with Gasteiger partial charge in [-0.1, -0.05) is 37.3 Å². The summed E-state index contributed by atoms with van der Waals surface area (Å²) in [5.74, 6) is 1.28. The molecule has 0 aromatic heterocycles. The van der Waals surface area contributed by atoms with Crippen molar-refractivity contribution in [3.8, 4) is 11.5 Å². The largest absolute Gasteiger partial charge is 0.493 e. The summed E-state index contributed by atoms with van der Waals surface area (Å²) in [4.78, 5) is 0. The standard InChI is InChI=1S/C17H20O3/c1-4-12-6-5-7-13(10-12)17(18)14-8-9-15(19-2)16(11-14)20-3/h5-11,17-18H,4H2,1-3H3. The van der Waals surface area contributed by atoms with Crippen LogP contribution in [0, 0.1) is 0 Å². The van der Waals surface area contributed by atoms with Gasteiger partial charge in [-0.2, -0.15) is 0 Å². The summed E-state index contributed by atoms with van der Waals surface area (Å²) < 4.78 is 10.5. The van der Waals surface area contributed by atoms with E-state index < -0.39 is 6.10 Å². The summed E-state index contributed by atoms with van der Waals surface area (Å²) in [7, 11) is 3.18. The molecule has 3 nitrogen and oxygen atoms in total. The first-order chi connectivity index (χ1) is 9.69. The monoisotopic (exact) mass is 272 g/mol. The van der Waals surface area contributed by atoms with Crippen LogP contribution in [0.1, 0.15) is 29.7 Å². The molecule has 2 aromatic rings. The van der Waals surface area contributed by atoms with Crippen molar-refractivity contribution in [2.75, 3.05) is 14.2 Å². The van der Waals surface area contributed by atoms with Gasteiger partial charge in [0.1, 0.15) is 6.10 Å². The van der Waals surface area contributed by atoms with Crippen LogP contribution in [0.4, 0.5) is 0 Å². The first-order valence-electron chi connectivity index (χ1n) is 6.68. The maximum atomic E-state index is 10.5. The van der Waals surface area contributed by atoms with Crippen LogP contribution in [0.5, 0.6) is 11.5 Å².